The Morgan fingerprint density at radius 1 is 1.86 bits per heavy atom. The second-order valence-electron chi connectivity index (χ2n) is 0.996. The van der Waals surface area contributed by atoms with Crippen LogP contribution >= 0.6 is 33.9 Å². The minimum atomic E-state index is 0.0180. The Hall–Kier alpha value is 0.160. The maximum Gasteiger partial charge on any atom is 0.305 e. The summed E-state index contributed by atoms with van der Waals surface area (Å²) in [4.78, 5) is 12.9. The number of halogens is 1. The van der Waals surface area contributed by atoms with Crippen molar-refractivity contribution in [2.75, 3.05) is 0 Å². The van der Waals surface area contributed by atoms with Gasteiger partial charge in [0.2, 0.25) is 0 Å². The highest BCUT2D eigenvalue weighted by molar-refractivity contribution is 14.1. The number of H-pyrrole nitrogens is 1. The number of hydrogen-bond acceptors (Lipinski definition) is 2. The lowest BCUT2D eigenvalue weighted by molar-refractivity contribution is 1.29. The highest BCUT2D eigenvalue weighted by atomic mass is 127. The molecule has 0 aromatic carbocycles. The third-order valence-corrected chi connectivity index (χ3v) is 2.16. The molecule has 1 rings (SSSR count). The molecule has 0 spiro atoms. The molecule has 1 N–H and O–H groups in total. The summed E-state index contributed by atoms with van der Waals surface area (Å²) < 4.78 is 0.910. The molecule has 0 saturated heterocycles. The molecule has 0 aliphatic rings. The molecule has 4 heteroatoms. The van der Waals surface area contributed by atoms with E-state index >= 15 is 0 Å². The predicted molar refractivity (Wildman–Crippen MR) is 37.7 cm³/mol. The van der Waals surface area contributed by atoms with Crippen LogP contribution in [0.15, 0.2) is 10.2 Å². The monoisotopic (exact) mass is 227 g/mol. The molecule has 0 fully saturated rings. The van der Waals surface area contributed by atoms with Crippen LogP contribution in [0.5, 0.6) is 0 Å². The maximum atomic E-state index is 10.2. The van der Waals surface area contributed by atoms with Crippen molar-refractivity contribution in [2.24, 2.45) is 0 Å². The van der Waals surface area contributed by atoms with Gasteiger partial charge in [-0.15, -0.1) is 0 Å². The van der Waals surface area contributed by atoms with Gasteiger partial charge in [0.15, 0.2) is 0 Å². The molecule has 7 heavy (non-hydrogen) atoms. The first-order valence-electron chi connectivity index (χ1n) is 1.62. The van der Waals surface area contributed by atoms with Crippen LogP contribution in [0, 0.1) is 3.70 Å². The van der Waals surface area contributed by atoms with Gasteiger partial charge in [0, 0.05) is 5.38 Å². The molecule has 0 radical (unpaired) electrons. The third kappa shape index (κ3) is 1.27. The maximum absolute atomic E-state index is 10.2. The van der Waals surface area contributed by atoms with E-state index in [1.807, 2.05) is 0 Å². The van der Waals surface area contributed by atoms with Gasteiger partial charge >= 0.3 is 4.87 Å². The van der Waals surface area contributed by atoms with Gasteiger partial charge in [-0.25, -0.2) is 0 Å². The van der Waals surface area contributed by atoms with E-state index in [0.29, 0.717) is 0 Å². The Labute approximate surface area is 57.7 Å². The first-order valence-corrected chi connectivity index (χ1v) is 3.58. The third-order valence-electron chi connectivity index (χ3n) is 0.491. The summed E-state index contributed by atoms with van der Waals surface area (Å²) in [7, 11) is 0. The van der Waals surface area contributed by atoms with Crippen molar-refractivity contribution in [2.45, 2.75) is 0 Å². The Bertz CT molecular complexity index is 203. The van der Waals surface area contributed by atoms with E-state index in [9.17, 15) is 4.79 Å². The number of nitrogens with one attached hydrogen (secondary N) is 1. The van der Waals surface area contributed by atoms with Crippen LogP contribution in [-0.2, 0) is 0 Å². The Morgan fingerprint density at radius 3 is 2.71 bits per heavy atom. The van der Waals surface area contributed by atoms with Gasteiger partial charge in [0.1, 0.15) is 0 Å². The summed E-state index contributed by atoms with van der Waals surface area (Å²) in [5.74, 6) is 0. The first-order chi connectivity index (χ1) is 3.29. The Balaban J connectivity index is 3.30. The number of aromatic nitrogens is 1. The molecule has 38 valence electrons. The van der Waals surface area contributed by atoms with Crippen LogP contribution in [0.1, 0.15) is 0 Å². The number of aromatic amines is 1. The molecular weight excluding hydrogens is 225 g/mol. The fourth-order valence-electron chi connectivity index (χ4n) is 0.262. The Kier molecular flexibility index (Phi) is 1.48. The fraction of sp³-hybridized carbons (Fsp3) is 0. The quantitative estimate of drug-likeness (QED) is 0.660. The highest BCUT2D eigenvalue weighted by Crippen LogP contribution is 1.97. The molecule has 0 aliphatic carbocycles. The summed E-state index contributed by atoms with van der Waals surface area (Å²) >= 11 is 3.24. The van der Waals surface area contributed by atoms with Crippen molar-refractivity contribution in [1.82, 2.24) is 4.98 Å². The topological polar surface area (TPSA) is 32.9 Å². The van der Waals surface area contributed by atoms with Crippen LogP contribution < -0.4 is 4.87 Å². The zero-order valence-corrected chi connectivity index (χ0v) is 6.25. The molecule has 0 saturated carbocycles. The van der Waals surface area contributed by atoms with Gasteiger partial charge in [-0.2, -0.15) is 0 Å². The van der Waals surface area contributed by atoms with E-state index in [0.717, 1.165) is 3.70 Å². The first kappa shape index (κ1) is 5.30. The van der Waals surface area contributed by atoms with E-state index in [2.05, 4.69) is 27.6 Å². The smallest absolute Gasteiger partial charge is 0.305 e. The largest absolute Gasteiger partial charge is 0.308 e. The SMILES string of the molecule is O=c1[nH]c(I)cs1. The van der Waals surface area contributed by atoms with Crippen LogP contribution in [0.25, 0.3) is 0 Å². The van der Waals surface area contributed by atoms with E-state index < -0.39 is 0 Å². The van der Waals surface area contributed by atoms with E-state index in [-0.39, 0.29) is 4.87 Å². The average Bonchev–Trinajstić information content (AvgIpc) is 1.87. The lowest BCUT2D eigenvalue weighted by Gasteiger charge is -1.65. The lowest BCUT2D eigenvalue weighted by Crippen LogP contribution is -1.90. The van der Waals surface area contributed by atoms with E-state index in [1.165, 1.54) is 11.3 Å². The molecule has 0 amide bonds. The van der Waals surface area contributed by atoms with Crippen molar-refractivity contribution >= 4 is 33.9 Å². The van der Waals surface area contributed by atoms with Crippen molar-refractivity contribution in [3.63, 3.8) is 0 Å². The molecule has 0 unspecified atom stereocenters. The number of rotatable bonds is 0. The number of hydrogen-bond donors (Lipinski definition) is 1. The molecule has 1 aromatic heterocycles. The second kappa shape index (κ2) is 1.95. The van der Waals surface area contributed by atoms with Crippen LogP contribution in [0.3, 0.4) is 0 Å². The van der Waals surface area contributed by atoms with Crippen LogP contribution in [0.2, 0.25) is 0 Å². The second-order valence-corrected chi connectivity index (χ2v) is 3.00. The summed E-state index contributed by atoms with van der Waals surface area (Å²) in [6.07, 6.45) is 0. The minimum absolute atomic E-state index is 0.0180. The van der Waals surface area contributed by atoms with Crippen molar-refractivity contribution in [1.29, 1.82) is 0 Å². The summed E-state index contributed by atoms with van der Waals surface area (Å²) in [5.41, 5.74) is 0. The molecular formula is C3H2INOS. The van der Waals surface area contributed by atoms with Crippen molar-refractivity contribution < 1.29 is 0 Å². The van der Waals surface area contributed by atoms with Crippen LogP contribution in [0.4, 0.5) is 0 Å². The van der Waals surface area contributed by atoms with Gasteiger partial charge in [-0.1, -0.05) is 11.3 Å². The molecule has 2 nitrogen and oxygen atoms in total. The van der Waals surface area contributed by atoms with Gasteiger partial charge in [0.25, 0.3) is 0 Å². The zero-order valence-electron chi connectivity index (χ0n) is 3.27. The standard InChI is InChI=1S/C3H2INOS/c4-2-1-7-3(6)5-2/h1H,(H,5,6). The van der Waals surface area contributed by atoms with E-state index in [4.69, 9.17) is 0 Å². The summed E-state index contributed by atoms with van der Waals surface area (Å²) in [5, 5.41) is 1.78. The molecule has 0 aliphatic heterocycles. The lowest BCUT2D eigenvalue weighted by atomic mass is 11.0. The summed E-state index contributed by atoms with van der Waals surface area (Å²) in [6.45, 7) is 0. The zero-order chi connectivity index (χ0) is 5.28. The van der Waals surface area contributed by atoms with Gasteiger partial charge in [-0.3, -0.25) is 4.79 Å². The van der Waals surface area contributed by atoms with Gasteiger partial charge in [-0.05, 0) is 22.6 Å². The molecule has 1 aromatic rings. The van der Waals surface area contributed by atoms with Gasteiger partial charge < -0.3 is 4.98 Å². The molecule has 0 bridgehead atoms. The van der Waals surface area contributed by atoms with E-state index in [1.54, 1.807) is 5.38 Å². The molecule has 1 heterocycles. The fourth-order valence-corrected chi connectivity index (χ4v) is 1.51. The number of thiazole rings is 1. The van der Waals surface area contributed by atoms with Gasteiger partial charge in [0.05, 0.1) is 3.70 Å². The van der Waals surface area contributed by atoms with Crippen molar-refractivity contribution in [3.8, 4) is 0 Å². The van der Waals surface area contributed by atoms with Crippen molar-refractivity contribution in [3.05, 3.63) is 18.7 Å². The molecule has 0 atom stereocenters. The highest BCUT2D eigenvalue weighted by Gasteiger charge is 1.85. The normalized spacial score (nSPS) is 9.29. The predicted octanol–water partition coefficient (Wildman–Crippen LogP) is 1.04. The summed E-state index contributed by atoms with van der Waals surface area (Å²) in [6, 6.07) is 0. The van der Waals surface area contributed by atoms with Crippen LogP contribution in [-0.4, -0.2) is 4.98 Å². The average molecular weight is 227 g/mol. The minimum Gasteiger partial charge on any atom is -0.308 e. The Morgan fingerprint density at radius 2 is 2.57 bits per heavy atom.